The van der Waals surface area contributed by atoms with E-state index < -0.39 is 0 Å². The van der Waals surface area contributed by atoms with E-state index in [0.717, 1.165) is 11.3 Å². The smallest absolute Gasteiger partial charge is 0.268 e. The van der Waals surface area contributed by atoms with Gasteiger partial charge in [-0.3, -0.25) is 9.36 Å². The Hall–Kier alpha value is -3.00. The van der Waals surface area contributed by atoms with Crippen molar-refractivity contribution in [2.75, 3.05) is 19.5 Å². The van der Waals surface area contributed by atoms with E-state index in [2.05, 4.69) is 15.3 Å². The van der Waals surface area contributed by atoms with Crippen LogP contribution in [0.15, 0.2) is 52.3 Å². The topological polar surface area (TPSA) is 78.3 Å². The summed E-state index contributed by atoms with van der Waals surface area (Å²) in [6, 6.07) is 11.6. The molecule has 7 nitrogen and oxygen atoms in total. The lowest BCUT2D eigenvalue weighted by Gasteiger charge is -2.14. The van der Waals surface area contributed by atoms with Crippen LogP contribution in [0.1, 0.15) is 18.1 Å². The van der Waals surface area contributed by atoms with Crippen molar-refractivity contribution in [3.8, 4) is 11.8 Å². The van der Waals surface area contributed by atoms with E-state index in [1.807, 2.05) is 44.2 Å². The summed E-state index contributed by atoms with van der Waals surface area (Å²) in [5, 5.41) is 3.22. The number of aryl methyl sites for hydroxylation is 1. The maximum Gasteiger partial charge on any atom is 0.268 e. The molecule has 0 saturated heterocycles. The summed E-state index contributed by atoms with van der Waals surface area (Å²) in [4.78, 5) is 22.3. The molecule has 0 amide bonds. The lowest BCUT2D eigenvalue weighted by Crippen LogP contribution is -2.24. The fourth-order valence-corrected chi connectivity index (χ4v) is 3.63. The van der Waals surface area contributed by atoms with Gasteiger partial charge < -0.3 is 14.8 Å². The first-order valence-electron chi connectivity index (χ1n) is 9.20. The maximum absolute atomic E-state index is 12.9. The highest BCUT2D eigenvalue weighted by atomic mass is 32.2. The van der Waals surface area contributed by atoms with Gasteiger partial charge in [0.05, 0.1) is 25.3 Å². The summed E-state index contributed by atoms with van der Waals surface area (Å²) < 4.78 is 12.1. The van der Waals surface area contributed by atoms with Crippen LogP contribution in [0.3, 0.4) is 0 Å². The number of aromatic nitrogens is 3. The molecule has 1 aromatic carbocycles. The SMILES string of the molecule is CCn1c(Nc2ccc(C)cc2)ncc(SCc2ccc(OC)nc2OC)c1=O. The summed E-state index contributed by atoms with van der Waals surface area (Å²) in [7, 11) is 3.12. The fourth-order valence-electron chi connectivity index (χ4n) is 2.74. The van der Waals surface area contributed by atoms with E-state index in [1.165, 1.54) is 17.3 Å². The van der Waals surface area contributed by atoms with Crippen LogP contribution in [0.4, 0.5) is 11.6 Å². The van der Waals surface area contributed by atoms with E-state index in [0.29, 0.717) is 34.9 Å². The molecular weight excluding hydrogens is 388 g/mol. The number of hydrogen-bond donors (Lipinski definition) is 1. The van der Waals surface area contributed by atoms with Crippen LogP contribution in [-0.2, 0) is 12.3 Å². The molecule has 29 heavy (non-hydrogen) atoms. The number of anilines is 2. The molecule has 2 heterocycles. The first-order chi connectivity index (χ1) is 14.0. The van der Waals surface area contributed by atoms with Crippen LogP contribution < -0.4 is 20.3 Å². The van der Waals surface area contributed by atoms with Crippen LogP contribution >= 0.6 is 11.8 Å². The van der Waals surface area contributed by atoms with Crippen molar-refractivity contribution in [2.24, 2.45) is 0 Å². The van der Waals surface area contributed by atoms with Gasteiger partial charge in [-0.15, -0.1) is 11.8 Å². The van der Waals surface area contributed by atoms with Gasteiger partial charge in [0.15, 0.2) is 0 Å². The van der Waals surface area contributed by atoms with Gasteiger partial charge in [-0.2, -0.15) is 4.98 Å². The Morgan fingerprint density at radius 2 is 1.86 bits per heavy atom. The van der Waals surface area contributed by atoms with E-state index in [9.17, 15) is 4.79 Å². The Morgan fingerprint density at radius 1 is 1.10 bits per heavy atom. The second kappa shape index (κ2) is 9.47. The normalized spacial score (nSPS) is 10.6. The number of nitrogens with zero attached hydrogens (tertiary/aromatic N) is 3. The minimum atomic E-state index is -0.0810. The molecular formula is C21H24N4O3S. The minimum absolute atomic E-state index is 0.0810. The molecule has 8 heteroatoms. The Labute approximate surface area is 174 Å². The number of hydrogen-bond acceptors (Lipinski definition) is 7. The van der Waals surface area contributed by atoms with Gasteiger partial charge >= 0.3 is 0 Å². The average Bonchev–Trinajstić information content (AvgIpc) is 2.75. The molecule has 0 unspecified atom stereocenters. The van der Waals surface area contributed by atoms with Crippen molar-refractivity contribution in [1.29, 1.82) is 0 Å². The Kier molecular flexibility index (Phi) is 6.77. The minimum Gasteiger partial charge on any atom is -0.481 e. The van der Waals surface area contributed by atoms with Crippen LogP contribution in [0, 0.1) is 6.92 Å². The van der Waals surface area contributed by atoms with Crippen molar-refractivity contribution in [3.63, 3.8) is 0 Å². The zero-order valence-corrected chi connectivity index (χ0v) is 17.7. The quantitative estimate of drug-likeness (QED) is 0.560. The van der Waals surface area contributed by atoms with Gasteiger partial charge in [0, 0.05) is 29.6 Å². The average molecular weight is 413 g/mol. The van der Waals surface area contributed by atoms with Crippen molar-refractivity contribution in [2.45, 2.75) is 31.0 Å². The van der Waals surface area contributed by atoms with E-state index >= 15 is 0 Å². The van der Waals surface area contributed by atoms with Gasteiger partial charge in [0.1, 0.15) is 0 Å². The summed E-state index contributed by atoms with van der Waals surface area (Å²) in [5.41, 5.74) is 2.86. The summed E-state index contributed by atoms with van der Waals surface area (Å²) in [6.07, 6.45) is 1.61. The molecule has 0 aliphatic heterocycles. The molecule has 3 rings (SSSR count). The highest BCUT2D eigenvalue weighted by molar-refractivity contribution is 7.98. The molecule has 0 aliphatic rings. The van der Waals surface area contributed by atoms with Crippen molar-refractivity contribution in [1.82, 2.24) is 14.5 Å². The monoisotopic (exact) mass is 412 g/mol. The number of benzene rings is 1. The van der Waals surface area contributed by atoms with Gasteiger partial charge in [-0.1, -0.05) is 17.7 Å². The van der Waals surface area contributed by atoms with Crippen molar-refractivity contribution in [3.05, 3.63) is 64.1 Å². The maximum atomic E-state index is 12.9. The third-order valence-electron chi connectivity index (χ3n) is 4.34. The number of pyridine rings is 1. The first kappa shape index (κ1) is 20.7. The second-order valence-corrected chi connectivity index (χ2v) is 7.31. The Balaban J connectivity index is 1.80. The van der Waals surface area contributed by atoms with Crippen LogP contribution in [0.25, 0.3) is 0 Å². The van der Waals surface area contributed by atoms with Gasteiger partial charge in [0.25, 0.3) is 5.56 Å². The van der Waals surface area contributed by atoms with Crippen LogP contribution in [0.2, 0.25) is 0 Å². The van der Waals surface area contributed by atoms with Gasteiger partial charge in [-0.05, 0) is 32.0 Å². The lowest BCUT2D eigenvalue weighted by atomic mass is 10.2. The molecule has 0 atom stereocenters. The third-order valence-corrected chi connectivity index (χ3v) is 5.39. The molecule has 3 aromatic rings. The van der Waals surface area contributed by atoms with E-state index in [-0.39, 0.29) is 5.56 Å². The van der Waals surface area contributed by atoms with Crippen LogP contribution in [0.5, 0.6) is 11.8 Å². The number of rotatable bonds is 8. The number of thioether (sulfide) groups is 1. The molecule has 1 N–H and O–H groups in total. The first-order valence-corrected chi connectivity index (χ1v) is 10.2. The molecule has 0 fully saturated rings. The Morgan fingerprint density at radius 3 is 2.52 bits per heavy atom. The molecule has 0 spiro atoms. The summed E-state index contributed by atoms with van der Waals surface area (Å²) in [6.45, 7) is 4.47. The standard InChI is InChI=1S/C21H24N4O3S/c1-5-25-20(26)17(12-22-21(25)23-16-9-6-14(2)7-10-16)29-13-15-8-11-18(27-3)24-19(15)28-4/h6-12H,5,13H2,1-4H3,(H,22,23). The largest absolute Gasteiger partial charge is 0.481 e. The van der Waals surface area contributed by atoms with E-state index in [1.54, 1.807) is 31.0 Å². The van der Waals surface area contributed by atoms with Crippen molar-refractivity contribution >= 4 is 23.4 Å². The molecule has 0 saturated carbocycles. The number of nitrogens with one attached hydrogen (secondary N) is 1. The predicted octanol–water partition coefficient (Wildman–Crippen LogP) is 4.02. The molecule has 0 aliphatic carbocycles. The lowest BCUT2D eigenvalue weighted by molar-refractivity contribution is 0.362. The molecule has 0 radical (unpaired) electrons. The third kappa shape index (κ3) is 4.89. The molecule has 0 bridgehead atoms. The Bertz CT molecular complexity index is 1040. The van der Waals surface area contributed by atoms with E-state index in [4.69, 9.17) is 9.47 Å². The zero-order chi connectivity index (χ0) is 20.8. The summed E-state index contributed by atoms with van der Waals surface area (Å²) in [5.74, 6) is 2.02. The van der Waals surface area contributed by atoms with Gasteiger partial charge in [0.2, 0.25) is 17.7 Å². The number of ether oxygens (including phenoxy) is 2. The number of methoxy groups -OCH3 is 2. The molecule has 152 valence electrons. The highest BCUT2D eigenvalue weighted by Gasteiger charge is 2.13. The molecule has 2 aromatic heterocycles. The van der Waals surface area contributed by atoms with Gasteiger partial charge in [-0.25, -0.2) is 4.98 Å². The highest BCUT2D eigenvalue weighted by Crippen LogP contribution is 2.27. The summed E-state index contributed by atoms with van der Waals surface area (Å²) >= 11 is 1.41. The zero-order valence-electron chi connectivity index (χ0n) is 16.9. The fraction of sp³-hybridized carbons (Fsp3) is 0.286. The second-order valence-electron chi connectivity index (χ2n) is 6.30. The predicted molar refractivity (Wildman–Crippen MR) is 116 cm³/mol. The van der Waals surface area contributed by atoms with Crippen molar-refractivity contribution < 1.29 is 9.47 Å². The van der Waals surface area contributed by atoms with Crippen LogP contribution in [-0.4, -0.2) is 28.8 Å².